The van der Waals surface area contributed by atoms with Crippen LogP contribution in [0, 0.1) is 0 Å². The molecule has 0 fully saturated rings. The largest absolute Gasteiger partial charge is 0.375 e. The molecule has 2 aromatic heterocycles. The van der Waals surface area contributed by atoms with Crippen molar-refractivity contribution in [3.8, 4) is 0 Å². The number of aromatic nitrogens is 4. The molecule has 6 nitrogen and oxygen atoms in total. The highest BCUT2D eigenvalue weighted by Crippen LogP contribution is 2.26. The minimum atomic E-state index is 0. The van der Waals surface area contributed by atoms with E-state index >= 15 is 0 Å². The molecule has 1 aliphatic heterocycles. The third kappa shape index (κ3) is 2.33. The summed E-state index contributed by atoms with van der Waals surface area (Å²) in [5.74, 6) is 1.04. The zero-order chi connectivity index (χ0) is 11.8. The van der Waals surface area contributed by atoms with Crippen LogP contribution in [-0.2, 0) is 13.1 Å². The van der Waals surface area contributed by atoms with E-state index in [9.17, 15) is 0 Å². The first-order valence-electron chi connectivity index (χ1n) is 5.56. The predicted octanol–water partition coefficient (Wildman–Crippen LogP) is 1.32. The number of anilines is 1. The van der Waals surface area contributed by atoms with E-state index in [4.69, 9.17) is 5.73 Å². The predicted molar refractivity (Wildman–Crippen MR) is 72.6 cm³/mol. The minimum Gasteiger partial charge on any atom is -0.375 e. The van der Waals surface area contributed by atoms with Gasteiger partial charge in [0.2, 0.25) is 0 Å². The molecule has 3 heterocycles. The molecule has 0 aromatic carbocycles. The fourth-order valence-electron chi connectivity index (χ4n) is 2.16. The summed E-state index contributed by atoms with van der Waals surface area (Å²) in [4.78, 5) is 7.65. The van der Waals surface area contributed by atoms with Gasteiger partial charge >= 0.3 is 0 Å². The zero-order valence-corrected chi connectivity index (χ0v) is 11.6. The number of fused-ring (bicyclic) bond motifs is 1. The molecule has 0 spiro atoms. The maximum atomic E-state index is 5.64. The number of rotatable bonds is 2. The molecular weight excluding hydrogens is 272 g/mol. The minimum absolute atomic E-state index is 0. The van der Waals surface area contributed by atoms with Crippen LogP contribution in [-0.4, -0.2) is 31.2 Å². The number of nitrogens with two attached hydrogens (primary N) is 1. The van der Waals surface area contributed by atoms with Gasteiger partial charge in [0, 0.05) is 30.7 Å². The number of hydrogen-bond acceptors (Lipinski definition) is 6. The Labute approximate surface area is 115 Å². The van der Waals surface area contributed by atoms with E-state index in [-0.39, 0.29) is 18.4 Å². The quantitative estimate of drug-likeness (QED) is 0.901. The summed E-state index contributed by atoms with van der Waals surface area (Å²) in [5.41, 5.74) is 5.64. The van der Waals surface area contributed by atoms with Crippen LogP contribution in [0.1, 0.15) is 23.7 Å². The Morgan fingerprint density at radius 1 is 1.50 bits per heavy atom. The van der Waals surface area contributed by atoms with Crippen molar-refractivity contribution in [2.45, 2.75) is 26.1 Å². The van der Waals surface area contributed by atoms with Gasteiger partial charge in [0.1, 0.15) is 12.2 Å². The molecule has 8 heteroatoms. The van der Waals surface area contributed by atoms with E-state index in [0.717, 1.165) is 25.5 Å². The summed E-state index contributed by atoms with van der Waals surface area (Å²) in [6, 6.07) is 0.287. The average molecular weight is 287 g/mol. The molecule has 3 rings (SSSR count). The van der Waals surface area contributed by atoms with Gasteiger partial charge in [-0.3, -0.25) is 4.90 Å². The fraction of sp³-hybridized carbons (Fsp3) is 0.500. The highest BCUT2D eigenvalue weighted by molar-refractivity contribution is 7.15. The molecule has 2 N–H and O–H groups in total. The standard InChI is InChI=1S/C10H14N6S.ClH/c1-7-9-14-13-6-16(9)3-2-15(7)5-8-4-12-10(11)17-8;/h4,6-7H,2-3,5H2,1H3,(H2,11,12);1H. The second-order valence-electron chi connectivity index (χ2n) is 4.19. The lowest BCUT2D eigenvalue weighted by molar-refractivity contribution is 0.157. The van der Waals surface area contributed by atoms with Gasteiger partial charge in [-0.05, 0) is 6.92 Å². The molecule has 1 aliphatic rings. The van der Waals surface area contributed by atoms with Crippen LogP contribution in [0.5, 0.6) is 0 Å². The molecule has 1 unspecified atom stereocenters. The van der Waals surface area contributed by atoms with E-state index in [0.29, 0.717) is 5.13 Å². The van der Waals surface area contributed by atoms with E-state index in [1.807, 2.05) is 6.20 Å². The van der Waals surface area contributed by atoms with E-state index in [1.54, 1.807) is 17.7 Å². The first-order valence-corrected chi connectivity index (χ1v) is 6.37. The summed E-state index contributed by atoms with van der Waals surface area (Å²) < 4.78 is 2.11. The number of nitrogens with zero attached hydrogens (tertiary/aromatic N) is 5. The van der Waals surface area contributed by atoms with Crippen molar-refractivity contribution in [2.75, 3.05) is 12.3 Å². The summed E-state index contributed by atoms with van der Waals surface area (Å²) in [7, 11) is 0. The van der Waals surface area contributed by atoms with Gasteiger partial charge in [-0.15, -0.1) is 33.9 Å². The topological polar surface area (TPSA) is 72.9 Å². The second-order valence-corrected chi connectivity index (χ2v) is 5.34. The molecule has 0 saturated heterocycles. The van der Waals surface area contributed by atoms with Crippen LogP contribution >= 0.6 is 23.7 Å². The molecule has 98 valence electrons. The lowest BCUT2D eigenvalue weighted by atomic mass is 10.2. The Hall–Kier alpha value is -1.18. The average Bonchev–Trinajstić information content (AvgIpc) is 2.92. The molecule has 18 heavy (non-hydrogen) atoms. The van der Waals surface area contributed by atoms with Gasteiger partial charge in [-0.1, -0.05) is 0 Å². The van der Waals surface area contributed by atoms with Gasteiger partial charge in [0.25, 0.3) is 0 Å². The van der Waals surface area contributed by atoms with E-state index < -0.39 is 0 Å². The maximum Gasteiger partial charge on any atom is 0.180 e. The monoisotopic (exact) mass is 286 g/mol. The van der Waals surface area contributed by atoms with Crippen LogP contribution in [0.15, 0.2) is 12.5 Å². The van der Waals surface area contributed by atoms with Gasteiger partial charge in [0.15, 0.2) is 5.13 Å². The first kappa shape index (κ1) is 13.3. The summed E-state index contributed by atoms with van der Waals surface area (Å²) >= 11 is 1.55. The SMILES string of the molecule is CC1c2nncn2CCN1Cc1cnc(N)s1.Cl. The van der Waals surface area contributed by atoms with Crippen molar-refractivity contribution in [1.29, 1.82) is 0 Å². The van der Waals surface area contributed by atoms with Crippen LogP contribution in [0.4, 0.5) is 5.13 Å². The normalized spacial score (nSPS) is 19.3. The van der Waals surface area contributed by atoms with Crippen molar-refractivity contribution >= 4 is 28.9 Å². The van der Waals surface area contributed by atoms with E-state index in [1.165, 1.54) is 4.88 Å². The maximum absolute atomic E-state index is 5.64. The van der Waals surface area contributed by atoms with Crippen molar-refractivity contribution in [1.82, 2.24) is 24.6 Å². The Morgan fingerprint density at radius 2 is 2.33 bits per heavy atom. The van der Waals surface area contributed by atoms with Gasteiger partial charge < -0.3 is 10.3 Å². The first-order chi connectivity index (χ1) is 8.24. The third-order valence-corrected chi connectivity index (χ3v) is 3.94. The highest BCUT2D eigenvalue weighted by Gasteiger charge is 2.25. The Balaban J connectivity index is 0.00000120. The van der Waals surface area contributed by atoms with Gasteiger partial charge in [0.05, 0.1) is 6.04 Å². The van der Waals surface area contributed by atoms with Crippen LogP contribution in [0.2, 0.25) is 0 Å². The molecule has 0 saturated carbocycles. The molecule has 0 amide bonds. The molecule has 0 radical (unpaired) electrons. The summed E-state index contributed by atoms with van der Waals surface area (Å²) in [6.45, 7) is 4.98. The molecule has 1 atom stereocenters. The number of thiazole rings is 1. The van der Waals surface area contributed by atoms with Gasteiger partial charge in [-0.25, -0.2) is 4.98 Å². The fourth-order valence-corrected chi connectivity index (χ4v) is 2.87. The highest BCUT2D eigenvalue weighted by atomic mass is 35.5. The summed E-state index contributed by atoms with van der Waals surface area (Å²) in [6.07, 6.45) is 3.65. The molecule has 0 bridgehead atoms. The lowest BCUT2D eigenvalue weighted by Crippen LogP contribution is -2.36. The third-order valence-electron chi connectivity index (χ3n) is 3.13. The van der Waals surface area contributed by atoms with Crippen LogP contribution in [0.25, 0.3) is 0 Å². The molecule has 2 aromatic rings. The Morgan fingerprint density at radius 3 is 3.06 bits per heavy atom. The number of halogens is 1. The zero-order valence-electron chi connectivity index (χ0n) is 9.98. The smallest absolute Gasteiger partial charge is 0.180 e. The molecular formula is C10H15ClN6S. The second kappa shape index (κ2) is 5.21. The van der Waals surface area contributed by atoms with Crippen molar-refractivity contribution in [2.24, 2.45) is 0 Å². The van der Waals surface area contributed by atoms with E-state index in [2.05, 4.69) is 31.6 Å². The van der Waals surface area contributed by atoms with Gasteiger partial charge in [-0.2, -0.15) is 0 Å². The van der Waals surface area contributed by atoms with Crippen molar-refractivity contribution < 1.29 is 0 Å². The van der Waals surface area contributed by atoms with Crippen molar-refractivity contribution in [3.63, 3.8) is 0 Å². The number of hydrogen-bond donors (Lipinski definition) is 1. The Bertz CT molecular complexity index is 524. The van der Waals surface area contributed by atoms with Crippen LogP contribution in [0.3, 0.4) is 0 Å². The lowest BCUT2D eigenvalue weighted by Gasteiger charge is -2.32. The van der Waals surface area contributed by atoms with Crippen LogP contribution < -0.4 is 5.73 Å². The molecule has 0 aliphatic carbocycles. The number of nitrogen functional groups attached to an aromatic ring is 1. The van der Waals surface area contributed by atoms with Crippen molar-refractivity contribution in [3.05, 3.63) is 23.2 Å². The Kier molecular flexibility index (Phi) is 3.84. The summed E-state index contributed by atoms with van der Waals surface area (Å²) in [5, 5.41) is 8.76.